The molecular weight excluding hydrogens is 349 g/mol. The van der Waals surface area contributed by atoms with Crippen molar-refractivity contribution in [2.24, 2.45) is 11.1 Å². The Hall–Kier alpha value is -3.29. The molecule has 0 bridgehead atoms. The van der Waals surface area contributed by atoms with E-state index in [1.54, 1.807) is 12.4 Å². The number of carbonyl (C=O) groups excluding carboxylic acids is 1. The smallest absolute Gasteiger partial charge is 0.286 e. The van der Waals surface area contributed by atoms with Crippen LogP contribution in [0.4, 0.5) is 4.39 Å². The van der Waals surface area contributed by atoms with Crippen LogP contribution in [0.3, 0.4) is 0 Å². The number of carbonyl (C=O) groups is 1. The van der Waals surface area contributed by atoms with Crippen molar-refractivity contribution in [3.05, 3.63) is 52.5 Å². The van der Waals surface area contributed by atoms with E-state index in [1.165, 1.54) is 22.9 Å². The third kappa shape index (κ3) is 4.11. The molecule has 0 radical (unpaired) electrons. The van der Waals surface area contributed by atoms with Crippen molar-refractivity contribution in [1.29, 1.82) is 0 Å². The van der Waals surface area contributed by atoms with Gasteiger partial charge in [-0.05, 0) is 17.6 Å². The molecule has 0 aliphatic rings. The van der Waals surface area contributed by atoms with Gasteiger partial charge < -0.3 is 15.3 Å². The van der Waals surface area contributed by atoms with Gasteiger partial charge in [-0.15, -0.1) is 0 Å². The van der Waals surface area contributed by atoms with Crippen LogP contribution >= 0.6 is 0 Å². The van der Waals surface area contributed by atoms with E-state index in [-0.39, 0.29) is 5.41 Å². The Morgan fingerprint density at radius 1 is 1.41 bits per heavy atom. The highest BCUT2D eigenvalue weighted by molar-refractivity contribution is 5.93. The Balaban J connectivity index is 2.11. The topological polar surface area (TPSA) is 107 Å². The summed E-state index contributed by atoms with van der Waals surface area (Å²) in [4.78, 5) is 34.8. The molecule has 3 aromatic rings. The van der Waals surface area contributed by atoms with Gasteiger partial charge in [0.1, 0.15) is 5.52 Å². The summed E-state index contributed by atoms with van der Waals surface area (Å²) >= 11 is 0. The van der Waals surface area contributed by atoms with Gasteiger partial charge in [0, 0.05) is 36.1 Å². The van der Waals surface area contributed by atoms with Crippen molar-refractivity contribution in [2.45, 2.75) is 27.3 Å². The normalized spacial score (nSPS) is 12.1. The molecule has 0 aliphatic heterocycles. The number of primary amides is 1. The van der Waals surface area contributed by atoms with Gasteiger partial charge in [0.05, 0.1) is 11.9 Å². The molecule has 0 atom stereocenters. The van der Waals surface area contributed by atoms with Gasteiger partial charge in [0.2, 0.25) is 5.91 Å². The molecule has 27 heavy (non-hydrogen) atoms. The van der Waals surface area contributed by atoms with Crippen molar-refractivity contribution in [1.82, 2.24) is 19.5 Å². The lowest BCUT2D eigenvalue weighted by molar-refractivity contribution is -0.113. The van der Waals surface area contributed by atoms with Crippen LogP contribution in [0.1, 0.15) is 26.3 Å². The molecule has 3 N–H and O–H groups in total. The fraction of sp³-hybridized carbons (Fsp3) is 0.263. The number of hydrogen-bond acceptors (Lipinski definition) is 4. The summed E-state index contributed by atoms with van der Waals surface area (Å²) in [6, 6.07) is 1.16. The lowest BCUT2D eigenvalue weighted by Gasteiger charge is -2.20. The van der Waals surface area contributed by atoms with Crippen LogP contribution in [0.25, 0.3) is 28.5 Å². The number of aromatic amines is 1. The maximum atomic E-state index is 14.2. The minimum absolute atomic E-state index is 0.197. The zero-order chi connectivity index (χ0) is 19.8. The van der Waals surface area contributed by atoms with Crippen molar-refractivity contribution in [2.75, 3.05) is 0 Å². The Bertz CT molecular complexity index is 1110. The van der Waals surface area contributed by atoms with Crippen molar-refractivity contribution >= 4 is 23.1 Å². The van der Waals surface area contributed by atoms with Gasteiger partial charge in [-0.2, -0.15) is 0 Å². The first-order valence-electron chi connectivity index (χ1n) is 8.36. The molecule has 7 nitrogen and oxygen atoms in total. The molecule has 0 unspecified atom stereocenters. The molecule has 3 rings (SSSR count). The number of fused-ring (bicyclic) bond motifs is 1. The Kier molecular flexibility index (Phi) is 4.65. The second-order valence-electron chi connectivity index (χ2n) is 7.50. The van der Waals surface area contributed by atoms with Gasteiger partial charge in [-0.1, -0.05) is 20.8 Å². The third-order valence-electron chi connectivity index (χ3n) is 3.82. The molecule has 140 valence electrons. The summed E-state index contributed by atoms with van der Waals surface area (Å²) in [7, 11) is 0. The third-order valence-corrected chi connectivity index (χ3v) is 3.82. The highest BCUT2D eigenvalue weighted by Crippen LogP contribution is 2.23. The number of halogens is 1. The van der Waals surface area contributed by atoms with Crippen LogP contribution in [0.15, 0.2) is 35.5 Å². The fourth-order valence-corrected chi connectivity index (χ4v) is 2.72. The van der Waals surface area contributed by atoms with Crippen LogP contribution in [0, 0.1) is 11.2 Å². The second kappa shape index (κ2) is 6.79. The zero-order valence-electron chi connectivity index (χ0n) is 15.3. The van der Waals surface area contributed by atoms with E-state index in [9.17, 15) is 14.0 Å². The number of aromatic nitrogens is 4. The average Bonchev–Trinajstić information content (AvgIpc) is 2.98. The number of rotatable bonds is 4. The van der Waals surface area contributed by atoms with E-state index in [2.05, 4.69) is 15.0 Å². The first-order valence-corrected chi connectivity index (χ1v) is 8.36. The Morgan fingerprint density at radius 2 is 2.15 bits per heavy atom. The first-order chi connectivity index (χ1) is 12.6. The number of H-pyrrole nitrogens is 1. The lowest BCUT2D eigenvalue weighted by atomic mass is 9.96. The van der Waals surface area contributed by atoms with Gasteiger partial charge in [-0.25, -0.2) is 14.4 Å². The second-order valence-corrected chi connectivity index (χ2v) is 7.50. The van der Waals surface area contributed by atoms with Crippen molar-refractivity contribution < 1.29 is 9.18 Å². The highest BCUT2D eigenvalue weighted by Gasteiger charge is 2.16. The molecule has 0 fully saturated rings. The monoisotopic (exact) mass is 369 g/mol. The number of nitrogens with one attached hydrogen (secondary N) is 1. The Morgan fingerprint density at radius 3 is 2.81 bits per heavy atom. The average molecular weight is 369 g/mol. The van der Waals surface area contributed by atoms with Gasteiger partial charge in [0.25, 0.3) is 5.56 Å². The van der Waals surface area contributed by atoms with Crippen LogP contribution in [0.2, 0.25) is 0 Å². The van der Waals surface area contributed by atoms with Gasteiger partial charge in [-0.3, -0.25) is 9.59 Å². The van der Waals surface area contributed by atoms with Crippen LogP contribution < -0.4 is 11.3 Å². The minimum atomic E-state index is -0.846. The number of pyridine rings is 1. The summed E-state index contributed by atoms with van der Waals surface area (Å²) in [5, 5.41) is 0. The largest absolute Gasteiger partial charge is 0.366 e. The summed E-state index contributed by atoms with van der Waals surface area (Å²) in [5.74, 6) is -1.42. The molecule has 0 saturated carbocycles. The fourth-order valence-electron chi connectivity index (χ4n) is 2.72. The number of nitrogens with two attached hydrogens (primary N) is 1. The van der Waals surface area contributed by atoms with Crippen LogP contribution in [0.5, 0.6) is 0 Å². The number of amides is 1. The van der Waals surface area contributed by atoms with E-state index in [1.807, 2.05) is 20.8 Å². The lowest BCUT2D eigenvalue weighted by Crippen LogP contribution is -2.28. The van der Waals surface area contributed by atoms with Crippen molar-refractivity contribution in [3.63, 3.8) is 0 Å². The summed E-state index contributed by atoms with van der Waals surface area (Å²) in [6.07, 6.45) is 7.48. The van der Waals surface area contributed by atoms with Crippen LogP contribution in [-0.4, -0.2) is 25.4 Å². The van der Waals surface area contributed by atoms with E-state index < -0.39 is 17.3 Å². The number of hydrogen-bond donors (Lipinski definition) is 2. The highest BCUT2D eigenvalue weighted by atomic mass is 19.1. The van der Waals surface area contributed by atoms with E-state index in [4.69, 9.17) is 5.73 Å². The molecule has 1 amide bonds. The zero-order valence-corrected chi connectivity index (χ0v) is 15.3. The molecular formula is C19H20FN5O2. The quantitative estimate of drug-likeness (QED) is 0.689. The maximum Gasteiger partial charge on any atom is 0.286 e. The molecule has 3 heterocycles. The SMILES string of the molecule is CC(C)(C)Cn1cc(-c2cnc3[nH]cc(C=CC(N)=O)c3n2)cc(F)c1=O. The maximum absolute atomic E-state index is 14.2. The summed E-state index contributed by atoms with van der Waals surface area (Å²) in [5.41, 5.74) is 6.77. The molecule has 0 aliphatic carbocycles. The van der Waals surface area contributed by atoms with E-state index >= 15 is 0 Å². The van der Waals surface area contributed by atoms with E-state index in [0.29, 0.717) is 34.5 Å². The molecule has 0 aromatic carbocycles. The first kappa shape index (κ1) is 18.5. The predicted molar refractivity (Wildman–Crippen MR) is 101 cm³/mol. The molecule has 8 heteroatoms. The molecule has 0 spiro atoms. The summed E-state index contributed by atoms with van der Waals surface area (Å²) < 4.78 is 15.5. The van der Waals surface area contributed by atoms with Gasteiger partial charge in [0.15, 0.2) is 11.5 Å². The van der Waals surface area contributed by atoms with Crippen LogP contribution in [-0.2, 0) is 11.3 Å². The molecule has 3 aromatic heterocycles. The minimum Gasteiger partial charge on any atom is -0.366 e. The standard InChI is InChI=1S/C19H20FN5O2/c1-19(2,3)10-25-9-12(6-13(20)18(25)27)14-8-23-17-16(24-14)11(7-22-17)4-5-15(21)26/h4-9H,10H2,1-3H3,(H2,21,26)(H,22,23). The summed E-state index contributed by atoms with van der Waals surface area (Å²) in [6.45, 7) is 6.26. The van der Waals surface area contributed by atoms with E-state index in [0.717, 1.165) is 6.07 Å². The molecule has 0 saturated heterocycles. The predicted octanol–water partition coefficient (Wildman–Crippen LogP) is 2.47. The van der Waals surface area contributed by atoms with Crippen molar-refractivity contribution in [3.8, 4) is 11.3 Å². The number of nitrogens with zero attached hydrogens (tertiary/aromatic N) is 3. The Labute approximate surface area is 154 Å². The van der Waals surface area contributed by atoms with Gasteiger partial charge >= 0.3 is 0 Å².